The summed E-state index contributed by atoms with van der Waals surface area (Å²) in [5.41, 5.74) is 1.85. The van der Waals surface area contributed by atoms with Gasteiger partial charge in [0.15, 0.2) is 0 Å². The van der Waals surface area contributed by atoms with Gasteiger partial charge >= 0.3 is 12.2 Å². The molecular formula is C29H35F2N5O6. The molecule has 0 radical (unpaired) electrons. The van der Waals surface area contributed by atoms with Crippen molar-refractivity contribution in [2.24, 2.45) is 0 Å². The normalized spacial score (nSPS) is 23.1. The Morgan fingerprint density at radius 1 is 0.714 bits per heavy atom. The fraction of sp³-hybridized carbons (Fsp3) is 0.517. The van der Waals surface area contributed by atoms with Gasteiger partial charge in [-0.15, -0.1) is 0 Å². The van der Waals surface area contributed by atoms with Crippen LogP contribution in [0.2, 0.25) is 0 Å². The molecule has 0 unspecified atom stereocenters. The van der Waals surface area contributed by atoms with Crippen LogP contribution in [0.15, 0.2) is 36.4 Å². The second-order valence-corrected chi connectivity index (χ2v) is 10.9. The first-order valence-electron chi connectivity index (χ1n) is 14.2. The molecule has 226 valence electrons. The number of benzene rings is 2. The fourth-order valence-electron chi connectivity index (χ4n) is 5.87. The summed E-state index contributed by atoms with van der Waals surface area (Å²) in [7, 11) is 1.85. The maximum absolute atomic E-state index is 14.9. The van der Waals surface area contributed by atoms with Gasteiger partial charge in [-0.05, 0) is 43.4 Å². The van der Waals surface area contributed by atoms with Crippen LogP contribution in [-0.2, 0) is 18.9 Å². The summed E-state index contributed by atoms with van der Waals surface area (Å²) < 4.78 is 51.6. The molecule has 0 spiro atoms. The molecule has 2 amide bonds. The Bertz CT molecular complexity index is 1210. The van der Waals surface area contributed by atoms with Crippen LogP contribution in [0, 0.1) is 11.6 Å². The van der Waals surface area contributed by atoms with E-state index in [1.165, 1.54) is 21.9 Å². The first kappa shape index (κ1) is 28.4. The second-order valence-electron chi connectivity index (χ2n) is 10.9. The van der Waals surface area contributed by atoms with E-state index in [9.17, 15) is 18.4 Å². The molecule has 4 aliphatic heterocycles. The average molecular weight is 588 g/mol. The van der Waals surface area contributed by atoms with Crippen LogP contribution in [0.5, 0.6) is 0 Å². The van der Waals surface area contributed by atoms with Crippen molar-refractivity contribution < 1.29 is 37.3 Å². The topological polar surface area (TPSA) is 87.3 Å². The Kier molecular flexibility index (Phi) is 8.31. The number of nitrogens with zero attached hydrogens (tertiary/aromatic N) is 5. The zero-order valence-corrected chi connectivity index (χ0v) is 23.5. The lowest BCUT2D eigenvalue weighted by Crippen LogP contribution is -2.38. The molecule has 4 saturated heterocycles. The van der Waals surface area contributed by atoms with Crippen molar-refractivity contribution in [2.45, 2.75) is 12.2 Å². The number of likely N-dealkylation sites (N-methyl/N-ethyl adjacent to an activating group) is 1. The number of hydrogen-bond donors (Lipinski definition) is 0. The summed E-state index contributed by atoms with van der Waals surface area (Å²) in [5.74, 6) is -0.794. The summed E-state index contributed by atoms with van der Waals surface area (Å²) in [6.45, 7) is 5.98. The molecule has 0 bridgehead atoms. The number of rotatable bonds is 8. The minimum Gasteiger partial charge on any atom is -0.443 e. The molecule has 0 aliphatic carbocycles. The second kappa shape index (κ2) is 12.3. The Morgan fingerprint density at radius 3 is 1.50 bits per heavy atom. The molecule has 4 heterocycles. The van der Waals surface area contributed by atoms with Crippen LogP contribution in [-0.4, -0.2) is 115 Å². The molecule has 4 fully saturated rings. The number of halogens is 2. The Labute approximate surface area is 243 Å². The van der Waals surface area contributed by atoms with Crippen molar-refractivity contribution in [3.63, 3.8) is 0 Å². The highest BCUT2D eigenvalue weighted by Crippen LogP contribution is 2.30. The van der Waals surface area contributed by atoms with Gasteiger partial charge in [-0.2, -0.15) is 0 Å². The lowest BCUT2D eigenvalue weighted by molar-refractivity contribution is 0.0882. The monoisotopic (exact) mass is 587 g/mol. The molecule has 13 heteroatoms. The van der Waals surface area contributed by atoms with Gasteiger partial charge in [0, 0.05) is 39.3 Å². The third kappa shape index (κ3) is 6.08. The number of ether oxygens (including phenoxy) is 4. The Hall–Kier alpha value is -3.68. The van der Waals surface area contributed by atoms with Crippen LogP contribution in [0.25, 0.3) is 0 Å². The van der Waals surface area contributed by atoms with Crippen LogP contribution < -0.4 is 19.6 Å². The van der Waals surface area contributed by atoms with E-state index < -0.39 is 36.0 Å². The zero-order chi connectivity index (χ0) is 29.2. The number of amides is 2. The lowest BCUT2D eigenvalue weighted by atomic mass is 10.2. The van der Waals surface area contributed by atoms with Crippen molar-refractivity contribution >= 4 is 34.9 Å². The fourth-order valence-corrected chi connectivity index (χ4v) is 5.87. The van der Waals surface area contributed by atoms with Crippen LogP contribution in [0.3, 0.4) is 0 Å². The molecule has 4 aliphatic rings. The maximum atomic E-state index is 14.9. The standard InChI is InChI=1S/C29H35F2N5O6/c1-32(16-22-18-35(28(37)41-22)20-2-4-26(24(30)14-20)33-6-10-39-11-7-33)17-23-19-36(29(38)42-23)21-3-5-27(25(31)15-21)34-8-12-40-13-9-34/h2-5,14-15,22-23H,6-13,16-19H2,1H3/t22-,23-/m0/s1. The number of morpholine rings is 2. The van der Waals surface area contributed by atoms with Crippen molar-refractivity contribution in [1.82, 2.24) is 4.90 Å². The van der Waals surface area contributed by atoms with Gasteiger partial charge < -0.3 is 28.7 Å². The van der Waals surface area contributed by atoms with Gasteiger partial charge in [-0.3, -0.25) is 14.7 Å². The van der Waals surface area contributed by atoms with Gasteiger partial charge in [0.1, 0.15) is 23.8 Å². The number of hydrogen-bond acceptors (Lipinski definition) is 9. The molecule has 2 aromatic rings. The summed E-state index contributed by atoms with van der Waals surface area (Å²) in [5, 5.41) is 0. The molecule has 0 saturated carbocycles. The first-order chi connectivity index (χ1) is 20.4. The molecule has 2 aromatic carbocycles. The van der Waals surface area contributed by atoms with E-state index in [0.29, 0.717) is 88.4 Å². The number of carbonyl (C=O) groups is 2. The maximum Gasteiger partial charge on any atom is 0.414 e. The summed E-state index contributed by atoms with van der Waals surface area (Å²) in [6.07, 6.45) is -1.96. The third-order valence-corrected chi connectivity index (χ3v) is 7.97. The van der Waals surface area contributed by atoms with E-state index in [1.54, 1.807) is 24.3 Å². The SMILES string of the molecule is CN(C[C@H]1CN(c2ccc(N3CCOCC3)c(F)c2)C(=O)O1)C[C@H]1CN(c2ccc(N3CCOCC3)c(F)c2)C(=O)O1. The van der Waals surface area contributed by atoms with Crippen LogP contribution in [0.1, 0.15) is 0 Å². The zero-order valence-electron chi connectivity index (χ0n) is 23.5. The Morgan fingerprint density at radius 2 is 1.12 bits per heavy atom. The molecule has 0 N–H and O–H groups in total. The van der Waals surface area contributed by atoms with Crippen LogP contribution >= 0.6 is 0 Å². The van der Waals surface area contributed by atoms with Crippen molar-refractivity contribution in [2.75, 3.05) is 105 Å². The lowest BCUT2D eigenvalue weighted by Gasteiger charge is -2.29. The summed E-state index contributed by atoms with van der Waals surface area (Å²) in [4.78, 5) is 33.9. The molecule has 11 nitrogen and oxygen atoms in total. The quantitative estimate of drug-likeness (QED) is 0.463. The van der Waals surface area contributed by atoms with E-state index in [1.807, 2.05) is 21.7 Å². The number of cyclic esters (lactones) is 2. The van der Waals surface area contributed by atoms with Gasteiger partial charge in [0.2, 0.25) is 0 Å². The van der Waals surface area contributed by atoms with Gasteiger partial charge in [-0.25, -0.2) is 18.4 Å². The van der Waals surface area contributed by atoms with Crippen molar-refractivity contribution in [3.05, 3.63) is 48.0 Å². The van der Waals surface area contributed by atoms with E-state index in [4.69, 9.17) is 18.9 Å². The Balaban J connectivity index is 1.02. The van der Waals surface area contributed by atoms with Crippen LogP contribution in [0.4, 0.5) is 41.1 Å². The van der Waals surface area contributed by atoms with Gasteiger partial charge in [0.05, 0.1) is 62.3 Å². The number of anilines is 4. The molecular weight excluding hydrogens is 552 g/mol. The highest BCUT2D eigenvalue weighted by molar-refractivity contribution is 5.90. The smallest absolute Gasteiger partial charge is 0.414 e. The predicted molar refractivity (Wildman–Crippen MR) is 152 cm³/mol. The highest BCUT2D eigenvalue weighted by Gasteiger charge is 2.37. The van der Waals surface area contributed by atoms with Crippen molar-refractivity contribution in [3.8, 4) is 0 Å². The third-order valence-electron chi connectivity index (χ3n) is 7.97. The minimum atomic E-state index is -0.534. The molecule has 42 heavy (non-hydrogen) atoms. The van der Waals surface area contributed by atoms with E-state index in [2.05, 4.69) is 0 Å². The average Bonchev–Trinajstić information content (AvgIpc) is 3.54. The predicted octanol–water partition coefficient (Wildman–Crippen LogP) is 2.92. The summed E-state index contributed by atoms with van der Waals surface area (Å²) >= 11 is 0. The van der Waals surface area contributed by atoms with Crippen molar-refractivity contribution in [1.29, 1.82) is 0 Å². The largest absolute Gasteiger partial charge is 0.443 e. The van der Waals surface area contributed by atoms with E-state index in [-0.39, 0.29) is 13.1 Å². The molecule has 6 rings (SSSR count). The minimum absolute atomic E-state index is 0.269. The van der Waals surface area contributed by atoms with Gasteiger partial charge in [-0.1, -0.05) is 0 Å². The summed E-state index contributed by atoms with van der Waals surface area (Å²) in [6, 6.07) is 9.55. The first-order valence-corrected chi connectivity index (χ1v) is 14.2. The van der Waals surface area contributed by atoms with Gasteiger partial charge in [0.25, 0.3) is 0 Å². The highest BCUT2D eigenvalue weighted by atomic mass is 19.1. The van der Waals surface area contributed by atoms with E-state index >= 15 is 0 Å². The molecule has 2 atom stereocenters. The number of carbonyl (C=O) groups excluding carboxylic acids is 2. The molecule has 0 aromatic heterocycles. The van der Waals surface area contributed by atoms with E-state index in [0.717, 1.165) is 0 Å².